The third-order valence-electron chi connectivity index (χ3n) is 3.38. The number of benzene rings is 2. The zero-order valence-electron chi connectivity index (χ0n) is 11.6. The molecule has 3 rings (SSSR count). The number of fused-ring (bicyclic) bond motifs is 1. The molecule has 1 aromatic heterocycles. The molecule has 2 aromatic carbocycles. The van der Waals surface area contributed by atoms with Gasteiger partial charge in [0.25, 0.3) is 0 Å². The first-order chi connectivity index (χ1) is 10.1. The minimum atomic E-state index is -0.436. The number of rotatable bonds is 3. The highest BCUT2D eigenvalue weighted by Gasteiger charge is 2.13. The highest BCUT2D eigenvalue weighted by molar-refractivity contribution is 6.30. The second-order valence-corrected chi connectivity index (χ2v) is 5.37. The number of hydrogen-bond acceptors (Lipinski definition) is 2. The molecule has 5 heteroatoms. The number of nitrogen functional groups attached to an aromatic ring is 1. The van der Waals surface area contributed by atoms with Crippen LogP contribution in [0.2, 0.25) is 5.02 Å². The Morgan fingerprint density at radius 3 is 2.76 bits per heavy atom. The van der Waals surface area contributed by atoms with Gasteiger partial charge >= 0.3 is 0 Å². The van der Waals surface area contributed by atoms with Crippen LogP contribution in [-0.2, 0) is 6.42 Å². The first-order valence-corrected chi connectivity index (χ1v) is 7.20. The Balaban J connectivity index is 2.27. The molecule has 0 fully saturated rings. The van der Waals surface area contributed by atoms with E-state index in [-0.39, 0.29) is 5.02 Å². The number of nitrogens with two attached hydrogens (primary N) is 1. The minimum absolute atomic E-state index is 0.115. The van der Waals surface area contributed by atoms with E-state index in [9.17, 15) is 4.39 Å². The van der Waals surface area contributed by atoms with E-state index >= 15 is 0 Å². The van der Waals surface area contributed by atoms with Crippen molar-refractivity contribution in [2.75, 3.05) is 5.73 Å². The molecule has 0 saturated heterocycles. The van der Waals surface area contributed by atoms with Crippen molar-refractivity contribution in [3.05, 3.63) is 53.1 Å². The number of hydrogen-bond donors (Lipinski definition) is 1. The average molecular weight is 304 g/mol. The smallest absolute Gasteiger partial charge is 0.143 e. The van der Waals surface area contributed by atoms with E-state index in [0.29, 0.717) is 11.4 Å². The Morgan fingerprint density at radius 2 is 2.05 bits per heavy atom. The van der Waals surface area contributed by atoms with Gasteiger partial charge in [0.15, 0.2) is 0 Å². The van der Waals surface area contributed by atoms with Gasteiger partial charge in [-0.25, -0.2) is 9.37 Å². The second-order valence-electron chi connectivity index (χ2n) is 4.96. The lowest BCUT2D eigenvalue weighted by molar-refractivity contribution is 0.626. The van der Waals surface area contributed by atoms with Gasteiger partial charge in [0.05, 0.1) is 21.7 Å². The molecule has 108 valence electrons. The molecule has 0 bridgehead atoms. The lowest BCUT2D eigenvalue weighted by Gasteiger charge is -2.09. The van der Waals surface area contributed by atoms with Gasteiger partial charge in [0, 0.05) is 12.1 Å². The topological polar surface area (TPSA) is 43.8 Å². The van der Waals surface area contributed by atoms with Crippen LogP contribution in [0.5, 0.6) is 0 Å². The van der Waals surface area contributed by atoms with Crippen LogP contribution in [0.15, 0.2) is 36.4 Å². The Labute approximate surface area is 127 Å². The summed E-state index contributed by atoms with van der Waals surface area (Å²) < 4.78 is 15.7. The van der Waals surface area contributed by atoms with Crippen LogP contribution in [0, 0.1) is 5.82 Å². The van der Waals surface area contributed by atoms with Gasteiger partial charge in [0.1, 0.15) is 11.6 Å². The monoisotopic (exact) mass is 303 g/mol. The van der Waals surface area contributed by atoms with Crippen molar-refractivity contribution in [1.29, 1.82) is 0 Å². The maximum atomic E-state index is 13.8. The molecule has 0 unspecified atom stereocenters. The number of aromatic nitrogens is 2. The van der Waals surface area contributed by atoms with Gasteiger partial charge in [-0.15, -0.1) is 0 Å². The fourth-order valence-corrected chi connectivity index (χ4v) is 2.57. The largest absolute Gasteiger partial charge is 0.399 e. The fourth-order valence-electron chi connectivity index (χ4n) is 2.45. The molecule has 0 spiro atoms. The molecule has 21 heavy (non-hydrogen) atoms. The van der Waals surface area contributed by atoms with E-state index in [1.54, 1.807) is 12.1 Å². The predicted octanol–water partition coefficient (Wildman–Crippen LogP) is 4.35. The molecule has 2 N–H and O–H groups in total. The number of imidazole rings is 1. The van der Waals surface area contributed by atoms with E-state index in [2.05, 4.69) is 11.9 Å². The standard InChI is InChI=1S/C16H15ClFN3/c1-2-3-16-20-14-8-10(19)4-7-15(14)21(16)11-5-6-12(17)13(18)9-11/h4-9H,2-3,19H2,1H3. The summed E-state index contributed by atoms with van der Waals surface area (Å²) in [5.74, 6) is 0.453. The van der Waals surface area contributed by atoms with Crippen LogP contribution in [0.4, 0.5) is 10.1 Å². The molecule has 1 heterocycles. The third kappa shape index (κ3) is 2.47. The summed E-state index contributed by atoms with van der Waals surface area (Å²) in [5.41, 5.74) is 8.92. The molecule has 3 aromatic rings. The molecule has 0 saturated carbocycles. The summed E-state index contributed by atoms with van der Waals surface area (Å²) in [7, 11) is 0. The lowest BCUT2D eigenvalue weighted by atomic mass is 10.2. The van der Waals surface area contributed by atoms with Crippen molar-refractivity contribution < 1.29 is 4.39 Å². The Bertz CT molecular complexity index is 811. The average Bonchev–Trinajstić information content (AvgIpc) is 2.79. The van der Waals surface area contributed by atoms with Crippen LogP contribution >= 0.6 is 11.6 Å². The Kier molecular flexibility index (Phi) is 3.55. The van der Waals surface area contributed by atoms with Gasteiger partial charge < -0.3 is 5.73 Å². The molecule has 0 aliphatic carbocycles. The lowest BCUT2D eigenvalue weighted by Crippen LogP contribution is -2.01. The van der Waals surface area contributed by atoms with E-state index in [1.165, 1.54) is 6.07 Å². The first kappa shape index (κ1) is 13.9. The maximum Gasteiger partial charge on any atom is 0.143 e. The summed E-state index contributed by atoms with van der Waals surface area (Å²) in [6.07, 6.45) is 1.76. The Hall–Kier alpha value is -2.07. The summed E-state index contributed by atoms with van der Waals surface area (Å²) in [6, 6.07) is 10.3. The number of aryl methyl sites for hydroxylation is 1. The van der Waals surface area contributed by atoms with E-state index in [1.807, 2.05) is 22.8 Å². The minimum Gasteiger partial charge on any atom is -0.399 e. The molecule has 0 radical (unpaired) electrons. The Morgan fingerprint density at radius 1 is 1.24 bits per heavy atom. The highest BCUT2D eigenvalue weighted by Crippen LogP contribution is 2.26. The van der Waals surface area contributed by atoms with Gasteiger partial charge in [-0.05, 0) is 42.8 Å². The first-order valence-electron chi connectivity index (χ1n) is 6.82. The van der Waals surface area contributed by atoms with Crippen LogP contribution in [0.25, 0.3) is 16.7 Å². The quantitative estimate of drug-likeness (QED) is 0.731. The van der Waals surface area contributed by atoms with E-state index < -0.39 is 5.82 Å². The van der Waals surface area contributed by atoms with Crippen molar-refractivity contribution in [3.63, 3.8) is 0 Å². The number of anilines is 1. The summed E-state index contributed by atoms with van der Waals surface area (Å²) in [6.45, 7) is 2.08. The van der Waals surface area contributed by atoms with Crippen LogP contribution in [-0.4, -0.2) is 9.55 Å². The molecule has 0 amide bonds. The summed E-state index contributed by atoms with van der Waals surface area (Å²) in [4.78, 5) is 4.62. The fraction of sp³-hybridized carbons (Fsp3) is 0.188. The second kappa shape index (κ2) is 5.37. The molecule has 3 nitrogen and oxygen atoms in total. The zero-order chi connectivity index (χ0) is 15.0. The molecule has 0 aliphatic heterocycles. The van der Waals surface area contributed by atoms with Crippen LogP contribution in [0.1, 0.15) is 19.2 Å². The predicted molar refractivity (Wildman–Crippen MR) is 84.4 cm³/mol. The van der Waals surface area contributed by atoms with E-state index in [4.69, 9.17) is 17.3 Å². The zero-order valence-corrected chi connectivity index (χ0v) is 12.4. The maximum absolute atomic E-state index is 13.8. The van der Waals surface area contributed by atoms with Crippen molar-refractivity contribution in [2.24, 2.45) is 0 Å². The summed E-state index contributed by atoms with van der Waals surface area (Å²) >= 11 is 5.77. The summed E-state index contributed by atoms with van der Waals surface area (Å²) in [5, 5.41) is 0.115. The van der Waals surface area contributed by atoms with Crippen molar-refractivity contribution in [3.8, 4) is 5.69 Å². The SMILES string of the molecule is CCCc1nc2cc(N)ccc2n1-c1ccc(Cl)c(F)c1. The number of halogens is 2. The molecule has 0 atom stereocenters. The van der Waals surface area contributed by atoms with Crippen LogP contribution in [0.3, 0.4) is 0 Å². The number of nitrogens with zero attached hydrogens (tertiary/aromatic N) is 2. The van der Waals surface area contributed by atoms with Crippen molar-refractivity contribution >= 4 is 28.3 Å². The van der Waals surface area contributed by atoms with Crippen molar-refractivity contribution in [2.45, 2.75) is 19.8 Å². The highest BCUT2D eigenvalue weighted by atomic mass is 35.5. The van der Waals surface area contributed by atoms with Gasteiger partial charge in [-0.1, -0.05) is 18.5 Å². The molecular formula is C16H15ClFN3. The van der Waals surface area contributed by atoms with Gasteiger partial charge in [-0.3, -0.25) is 4.57 Å². The van der Waals surface area contributed by atoms with Gasteiger partial charge in [-0.2, -0.15) is 0 Å². The normalized spacial score (nSPS) is 11.2. The third-order valence-corrected chi connectivity index (χ3v) is 3.69. The molecule has 0 aliphatic rings. The van der Waals surface area contributed by atoms with Crippen LogP contribution < -0.4 is 5.73 Å². The van der Waals surface area contributed by atoms with E-state index in [0.717, 1.165) is 29.7 Å². The van der Waals surface area contributed by atoms with Gasteiger partial charge in [0.2, 0.25) is 0 Å². The van der Waals surface area contributed by atoms with Crippen molar-refractivity contribution in [1.82, 2.24) is 9.55 Å². The molecular weight excluding hydrogens is 289 g/mol.